The van der Waals surface area contributed by atoms with Gasteiger partial charge in [0.1, 0.15) is 0 Å². The van der Waals surface area contributed by atoms with E-state index in [1.807, 2.05) is 30.5 Å². The minimum absolute atomic E-state index is 0.0407. The molecule has 2 N–H and O–H groups in total. The fourth-order valence-electron chi connectivity index (χ4n) is 6.05. The molecule has 0 saturated carbocycles. The predicted molar refractivity (Wildman–Crippen MR) is 114 cm³/mol. The van der Waals surface area contributed by atoms with Crippen LogP contribution in [0, 0.1) is 5.92 Å². The van der Waals surface area contributed by atoms with E-state index in [2.05, 4.69) is 50.4 Å². The summed E-state index contributed by atoms with van der Waals surface area (Å²) in [6.07, 6.45) is 1.85. The van der Waals surface area contributed by atoms with Gasteiger partial charge in [-0.05, 0) is 11.6 Å². The molecule has 2 aromatic carbocycles. The summed E-state index contributed by atoms with van der Waals surface area (Å²) in [5.74, 6) is 0.494. The number of piperidine rings is 2. The second-order valence-corrected chi connectivity index (χ2v) is 8.95. The van der Waals surface area contributed by atoms with Crippen LogP contribution in [0.1, 0.15) is 15.9 Å². The minimum Gasteiger partial charge on any atom is -0.360 e. The minimum atomic E-state index is -0.0549. The lowest BCUT2D eigenvalue weighted by Crippen LogP contribution is -2.70. The van der Waals surface area contributed by atoms with E-state index in [0.29, 0.717) is 5.92 Å². The van der Waals surface area contributed by atoms with Crippen molar-refractivity contribution in [1.29, 1.82) is 0 Å². The summed E-state index contributed by atoms with van der Waals surface area (Å²) in [6, 6.07) is 19.0. The number of hydrogen-bond donors (Lipinski definition) is 2. The van der Waals surface area contributed by atoms with Crippen LogP contribution in [0.25, 0.3) is 10.9 Å². The topological polar surface area (TPSA) is 51.4 Å². The molecule has 5 nitrogen and oxygen atoms in total. The van der Waals surface area contributed by atoms with E-state index in [-0.39, 0.29) is 17.4 Å². The molecular formula is C24H26N4O. The third kappa shape index (κ3) is 2.65. The number of para-hydroxylation sites is 1. The molecule has 0 spiro atoms. The van der Waals surface area contributed by atoms with Crippen LogP contribution in [0.15, 0.2) is 60.8 Å². The Morgan fingerprint density at radius 1 is 0.966 bits per heavy atom. The lowest BCUT2D eigenvalue weighted by molar-refractivity contribution is 0.0181. The lowest BCUT2D eigenvalue weighted by Gasteiger charge is -2.55. The van der Waals surface area contributed by atoms with Crippen molar-refractivity contribution >= 4 is 16.8 Å². The first-order valence-corrected chi connectivity index (χ1v) is 10.6. The number of aromatic nitrogens is 1. The van der Waals surface area contributed by atoms with Crippen LogP contribution in [0.4, 0.5) is 0 Å². The monoisotopic (exact) mass is 386 g/mol. The Hall–Kier alpha value is -2.63. The van der Waals surface area contributed by atoms with Gasteiger partial charge in [-0.2, -0.15) is 0 Å². The number of benzene rings is 2. The first-order chi connectivity index (χ1) is 14.2. The van der Waals surface area contributed by atoms with E-state index >= 15 is 0 Å². The molecule has 3 atom stereocenters. The number of carbonyl (C=O) groups excluding carboxylic acids is 1. The van der Waals surface area contributed by atoms with Gasteiger partial charge >= 0.3 is 0 Å². The molecular weight excluding hydrogens is 360 g/mol. The van der Waals surface area contributed by atoms with Crippen molar-refractivity contribution < 1.29 is 4.79 Å². The molecule has 148 valence electrons. The highest BCUT2D eigenvalue weighted by Gasteiger charge is 2.55. The summed E-state index contributed by atoms with van der Waals surface area (Å²) < 4.78 is 0. The Morgan fingerprint density at radius 2 is 1.66 bits per heavy atom. The largest absolute Gasteiger partial charge is 0.360 e. The number of hydrogen-bond acceptors (Lipinski definition) is 3. The summed E-state index contributed by atoms with van der Waals surface area (Å²) in [7, 11) is 0. The normalized spacial score (nSPS) is 33.0. The van der Waals surface area contributed by atoms with Gasteiger partial charge in [0, 0.05) is 73.7 Å². The van der Waals surface area contributed by atoms with E-state index in [1.165, 1.54) is 5.56 Å². The summed E-state index contributed by atoms with van der Waals surface area (Å²) in [5, 5.41) is 4.50. The second-order valence-electron chi connectivity index (χ2n) is 8.95. The molecule has 3 aromatic rings. The quantitative estimate of drug-likeness (QED) is 0.727. The highest BCUT2D eigenvalue weighted by molar-refractivity contribution is 6.06. The average Bonchev–Trinajstić information content (AvgIpc) is 3.02. The number of fused-ring (bicyclic) bond motifs is 2. The fraction of sp³-hybridized carbons (Fsp3) is 0.375. The molecule has 7 rings (SSSR count). The Kier molecular flexibility index (Phi) is 3.83. The van der Waals surface area contributed by atoms with Crippen LogP contribution in [0.2, 0.25) is 0 Å². The van der Waals surface area contributed by atoms with Crippen LogP contribution in [0.3, 0.4) is 0 Å². The van der Waals surface area contributed by atoms with E-state index in [9.17, 15) is 4.79 Å². The van der Waals surface area contributed by atoms with Gasteiger partial charge < -0.3 is 20.1 Å². The van der Waals surface area contributed by atoms with Crippen LogP contribution in [-0.2, 0) is 5.41 Å². The van der Waals surface area contributed by atoms with Crippen molar-refractivity contribution in [3.05, 3.63) is 71.9 Å². The summed E-state index contributed by atoms with van der Waals surface area (Å²) in [4.78, 5) is 21.9. The second kappa shape index (κ2) is 6.44. The molecule has 1 amide bonds. The zero-order valence-corrected chi connectivity index (χ0v) is 16.5. The zero-order valence-electron chi connectivity index (χ0n) is 16.5. The molecule has 2 unspecified atom stereocenters. The van der Waals surface area contributed by atoms with Crippen molar-refractivity contribution in [3.63, 3.8) is 0 Å². The van der Waals surface area contributed by atoms with Crippen molar-refractivity contribution in [2.75, 3.05) is 39.3 Å². The molecule has 0 aliphatic carbocycles. The number of H-pyrrole nitrogens is 1. The maximum absolute atomic E-state index is 13.4. The lowest BCUT2D eigenvalue weighted by atomic mass is 9.64. The van der Waals surface area contributed by atoms with Gasteiger partial charge in [0.05, 0.1) is 5.56 Å². The van der Waals surface area contributed by atoms with Gasteiger partial charge in [-0.25, -0.2) is 0 Å². The van der Waals surface area contributed by atoms with Gasteiger partial charge in [0.25, 0.3) is 5.91 Å². The Labute approximate surface area is 170 Å². The third-order valence-electron chi connectivity index (χ3n) is 7.27. The number of nitrogens with zero attached hydrogens (tertiary/aromatic N) is 2. The predicted octanol–water partition coefficient (Wildman–Crippen LogP) is 2.47. The number of nitrogens with one attached hydrogen (secondary N) is 2. The molecule has 4 bridgehead atoms. The van der Waals surface area contributed by atoms with Crippen molar-refractivity contribution in [2.24, 2.45) is 5.92 Å². The SMILES string of the molecule is O=C(N[C@H]1C2CN3CCN(C2)CC1(c1ccccc1)C3)c1c[nH]c2ccccc12. The maximum Gasteiger partial charge on any atom is 0.253 e. The Bertz CT molecular complexity index is 1040. The highest BCUT2D eigenvalue weighted by Crippen LogP contribution is 2.43. The standard InChI is InChI=1S/C24H26N4O/c29-23(20-12-25-21-9-5-4-8-19(20)21)26-22-17-13-27-10-11-28(14-17)16-24(22,15-27)18-6-2-1-3-7-18/h1-9,12,17,22,25H,10-11,13-16H2,(H,26,29)/t17?,22-,24?/m0/s1. The summed E-state index contributed by atoms with van der Waals surface area (Å²) >= 11 is 0. The number of aromatic amines is 1. The van der Waals surface area contributed by atoms with Crippen LogP contribution in [-0.4, -0.2) is 66.0 Å². The van der Waals surface area contributed by atoms with E-state index < -0.39 is 0 Å². The number of carbonyl (C=O) groups is 1. The molecule has 0 radical (unpaired) electrons. The first-order valence-electron chi connectivity index (χ1n) is 10.6. The zero-order chi connectivity index (χ0) is 19.4. The highest BCUT2D eigenvalue weighted by atomic mass is 16.1. The molecule has 5 heterocycles. The Morgan fingerprint density at radius 3 is 2.41 bits per heavy atom. The van der Waals surface area contributed by atoms with Gasteiger partial charge in [-0.1, -0.05) is 48.5 Å². The van der Waals surface area contributed by atoms with E-state index in [4.69, 9.17) is 0 Å². The molecule has 1 aromatic heterocycles. The van der Waals surface area contributed by atoms with Crippen molar-refractivity contribution in [1.82, 2.24) is 20.1 Å². The maximum atomic E-state index is 13.4. The fourth-order valence-corrected chi connectivity index (χ4v) is 6.05. The van der Waals surface area contributed by atoms with Gasteiger partial charge in [0.15, 0.2) is 0 Å². The molecule has 4 aliphatic rings. The van der Waals surface area contributed by atoms with E-state index in [0.717, 1.165) is 55.7 Å². The van der Waals surface area contributed by atoms with E-state index in [1.54, 1.807) is 0 Å². The van der Waals surface area contributed by atoms with Gasteiger partial charge in [0.2, 0.25) is 0 Å². The summed E-state index contributed by atoms with van der Waals surface area (Å²) in [6.45, 7) is 6.45. The first kappa shape index (κ1) is 17.2. The molecule has 4 saturated heterocycles. The number of amides is 1. The van der Waals surface area contributed by atoms with Gasteiger partial charge in [-0.15, -0.1) is 0 Å². The number of rotatable bonds is 3. The average molecular weight is 386 g/mol. The van der Waals surface area contributed by atoms with Crippen LogP contribution < -0.4 is 5.32 Å². The smallest absolute Gasteiger partial charge is 0.253 e. The summed E-state index contributed by atoms with van der Waals surface area (Å²) in [5.41, 5.74) is 3.05. The third-order valence-corrected chi connectivity index (χ3v) is 7.27. The van der Waals surface area contributed by atoms with Crippen molar-refractivity contribution in [2.45, 2.75) is 11.5 Å². The van der Waals surface area contributed by atoms with Gasteiger partial charge in [-0.3, -0.25) is 4.79 Å². The molecule has 4 fully saturated rings. The van der Waals surface area contributed by atoms with Crippen LogP contribution in [0.5, 0.6) is 0 Å². The molecule has 4 aliphatic heterocycles. The van der Waals surface area contributed by atoms with Crippen LogP contribution >= 0.6 is 0 Å². The van der Waals surface area contributed by atoms with Crippen molar-refractivity contribution in [3.8, 4) is 0 Å². The Balaban J connectivity index is 1.40. The molecule has 29 heavy (non-hydrogen) atoms. The molecule has 5 heteroatoms.